The minimum absolute atomic E-state index is 0.228. The number of anilines is 1. The Balaban J connectivity index is 1.68. The average Bonchev–Trinajstić information content (AvgIpc) is 2.68. The van der Waals surface area contributed by atoms with Gasteiger partial charge in [-0.15, -0.1) is 0 Å². The van der Waals surface area contributed by atoms with E-state index in [0.29, 0.717) is 11.0 Å². The smallest absolute Gasteiger partial charge is 0.263 e. The molecular formula is C21H22N4O2. The number of benzene rings is 1. The van der Waals surface area contributed by atoms with Gasteiger partial charge in [-0.2, -0.15) is 0 Å². The molecule has 1 atom stereocenters. The van der Waals surface area contributed by atoms with Gasteiger partial charge in [0.2, 0.25) is 5.91 Å². The molecule has 6 nitrogen and oxygen atoms in total. The Bertz CT molecular complexity index is 1090. The molecule has 138 valence electrons. The van der Waals surface area contributed by atoms with E-state index in [9.17, 15) is 9.59 Å². The lowest BCUT2D eigenvalue weighted by Gasteiger charge is -2.18. The number of hydrogen-bond acceptors (Lipinski definition) is 4. The molecule has 0 saturated heterocycles. The summed E-state index contributed by atoms with van der Waals surface area (Å²) >= 11 is 0. The van der Waals surface area contributed by atoms with Gasteiger partial charge in [-0.05, 0) is 62.8 Å². The third kappa shape index (κ3) is 3.23. The van der Waals surface area contributed by atoms with Crippen molar-refractivity contribution in [3.63, 3.8) is 0 Å². The van der Waals surface area contributed by atoms with Crippen molar-refractivity contribution in [3.8, 4) is 0 Å². The van der Waals surface area contributed by atoms with Gasteiger partial charge in [0.05, 0.1) is 5.39 Å². The molecule has 0 aliphatic heterocycles. The maximum atomic E-state index is 13.0. The van der Waals surface area contributed by atoms with E-state index in [-0.39, 0.29) is 11.5 Å². The van der Waals surface area contributed by atoms with Gasteiger partial charge in [-0.1, -0.05) is 18.2 Å². The topological polar surface area (TPSA) is 76.9 Å². The van der Waals surface area contributed by atoms with Crippen LogP contribution in [-0.4, -0.2) is 20.4 Å². The van der Waals surface area contributed by atoms with Crippen LogP contribution in [0.3, 0.4) is 0 Å². The molecule has 0 radical (unpaired) electrons. The summed E-state index contributed by atoms with van der Waals surface area (Å²) in [7, 11) is 0. The van der Waals surface area contributed by atoms with Gasteiger partial charge in [0.25, 0.3) is 5.56 Å². The van der Waals surface area contributed by atoms with Crippen molar-refractivity contribution in [2.24, 2.45) is 0 Å². The van der Waals surface area contributed by atoms with Gasteiger partial charge < -0.3 is 5.32 Å². The lowest BCUT2D eigenvalue weighted by molar-refractivity contribution is -0.118. The Morgan fingerprint density at radius 2 is 2.00 bits per heavy atom. The number of pyridine rings is 1. The summed E-state index contributed by atoms with van der Waals surface area (Å²) in [5.74, 6) is -0.251. The third-order valence-corrected chi connectivity index (χ3v) is 5.25. The van der Waals surface area contributed by atoms with Crippen molar-refractivity contribution in [1.29, 1.82) is 0 Å². The first-order valence-electron chi connectivity index (χ1n) is 9.31. The number of amides is 1. The van der Waals surface area contributed by atoms with Gasteiger partial charge in [0.15, 0.2) is 5.65 Å². The quantitative estimate of drug-likeness (QED) is 0.776. The maximum absolute atomic E-state index is 13.0. The molecule has 0 fully saturated rings. The number of hydrogen-bond donors (Lipinski definition) is 1. The highest BCUT2D eigenvalue weighted by atomic mass is 16.2. The summed E-state index contributed by atoms with van der Waals surface area (Å²) in [5, 5.41) is 3.37. The minimum Gasteiger partial charge on any atom is -0.324 e. The molecule has 1 amide bonds. The molecule has 1 aliphatic carbocycles. The fourth-order valence-electron chi connectivity index (χ4n) is 3.54. The molecule has 1 aromatic carbocycles. The molecule has 2 heterocycles. The van der Waals surface area contributed by atoms with E-state index in [4.69, 9.17) is 0 Å². The molecule has 1 N–H and O–H groups in total. The predicted molar refractivity (Wildman–Crippen MR) is 105 cm³/mol. The monoisotopic (exact) mass is 362 g/mol. The maximum Gasteiger partial charge on any atom is 0.263 e. The zero-order valence-corrected chi connectivity index (χ0v) is 15.5. The van der Waals surface area contributed by atoms with E-state index in [0.717, 1.165) is 48.2 Å². The molecule has 0 bridgehead atoms. The number of carbonyl (C=O) groups is 1. The van der Waals surface area contributed by atoms with E-state index in [1.54, 1.807) is 6.92 Å². The Morgan fingerprint density at radius 3 is 2.81 bits per heavy atom. The van der Waals surface area contributed by atoms with E-state index in [1.807, 2.05) is 37.3 Å². The lowest BCUT2D eigenvalue weighted by atomic mass is 9.95. The van der Waals surface area contributed by atoms with Gasteiger partial charge in [-0.3, -0.25) is 14.2 Å². The van der Waals surface area contributed by atoms with Gasteiger partial charge in [0, 0.05) is 11.4 Å². The number of fused-ring (bicyclic) bond motifs is 2. The van der Waals surface area contributed by atoms with E-state index >= 15 is 0 Å². The molecule has 6 heteroatoms. The Kier molecular flexibility index (Phi) is 4.48. The number of aromatic nitrogens is 3. The van der Waals surface area contributed by atoms with Crippen LogP contribution < -0.4 is 10.9 Å². The van der Waals surface area contributed by atoms with Crippen molar-refractivity contribution >= 4 is 22.6 Å². The first-order valence-corrected chi connectivity index (χ1v) is 9.31. The highest BCUT2D eigenvalue weighted by molar-refractivity contribution is 5.94. The van der Waals surface area contributed by atoms with Crippen LogP contribution in [0.2, 0.25) is 0 Å². The first kappa shape index (κ1) is 17.4. The van der Waals surface area contributed by atoms with Crippen LogP contribution in [0.1, 0.15) is 42.6 Å². The van der Waals surface area contributed by atoms with Gasteiger partial charge in [-0.25, -0.2) is 9.97 Å². The summed E-state index contributed by atoms with van der Waals surface area (Å²) in [6.07, 6.45) is 5.54. The van der Waals surface area contributed by atoms with E-state index in [2.05, 4.69) is 15.3 Å². The standard InChI is InChI=1S/C21H22N4O2/c1-13-7-3-5-9-17(13)24-20(26)14(2)25-12-22-19-16(21(25)27)11-15-8-4-6-10-18(15)23-19/h3,5,7,9,11-12,14H,4,6,8,10H2,1-2H3,(H,24,26)/t14-/m0/s1. The van der Waals surface area contributed by atoms with E-state index < -0.39 is 6.04 Å². The zero-order valence-electron chi connectivity index (χ0n) is 15.5. The minimum atomic E-state index is -0.676. The molecule has 3 aromatic rings. The number of nitrogens with zero attached hydrogens (tertiary/aromatic N) is 3. The fraction of sp³-hybridized carbons (Fsp3) is 0.333. The number of para-hydroxylation sites is 1. The Morgan fingerprint density at radius 1 is 1.22 bits per heavy atom. The molecule has 0 spiro atoms. The SMILES string of the molecule is Cc1ccccc1NC(=O)[C@H](C)n1cnc2nc3c(cc2c1=O)CCCC3. The number of rotatable bonds is 3. The Labute approximate surface area is 157 Å². The third-order valence-electron chi connectivity index (χ3n) is 5.25. The first-order chi connectivity index (χ1) is 13.0. The molecule has 27 heavy (non-hydrogen) atoms. The van der Waals surface area contributed by atoms with Crippen molar-refractivity contribution in [2.45, 2.75) is 45.6 Å². The van der Waals surface area contributed by atoms with Crippen LogP contribution in [-0.2, 0) is 17.6 Å². The number of carbonyl (C=O) groups excluding carboxylic acids is 1. The summed E-state index contributed by atoms with van der Waals surface area (Å²) in [4.78, 5) is 34.6. The second kappa shape index (κ2) is 6.95. The second-order valence-electron chi connectivity index (χ2n) is 7.11. The number of nitrogens with one attached hydrogen (secondary N) is 1. The van der Waals surface area contributed by atoms with Crippen LogP contribution in [0.4, 0.5) is 5.69 Å². The highest BCUT2D eigenvalue weighted by Gasteiger charge is 2.20. The van der Waals surface area contributed by atoms with Crippen molar-refractivity contribution in [3.05, 3.63) is 63.8 Å². The van der Waals surface area contributed by atoms with Crippen molar-refractivity contribution in [2.75, 3.05) is 5.32 Å². The van der Waals surface area contributed by atoms with Crippen LogP contribution >= 0.6 is 0 Å². The summed E-state index contributed by atoms with van der Waals surface area (Å²) in [5.41, 5.74) is 4.12. The second-order valence-corrected chi connectivity index (χ2v) is 7.11. The molecule has 0 saturated carbocycles. The van der Waals surface area contributed by atoms with Gasteiger partial charge >= 0.3 is 0 Å². The van der Waals surface area contributed by atoms with E-state index in [1.165, 1.54) is 10.9 Å². The Hall–Kier alpha value is -3.02. The summed E-state index contributed by atoms with van der Waals surface area (Å²) in [6, 6.07) is 8.79. The molecular weight excluding hydrogens is 340 g/mol. The zero-order chi connectivity index (χ0) is 19.0. The van der Waals surface area contributed by atoms with Crippen molar-refractivity contribution < 1.29 is 4.79 Å². The van der Waals surface area contributed by atoms with Crippen LogP contribution in [0.25, 0.3) is 11.0 Å². The molecule has 2 aromatic heterocycles. The summed E-state index contributed by atoms with van der Waals surface area (Å²) < 4.78 is 1.38. The van der Waals surface area contributed by atoms with Crippen molar-refractivity contribution in [1.82, 2.24) is 14.5 Å². The highest BCUT2D eigenvalue weighted by Crippen LogP contribution is 2.22. The molecule has 0 unspecified atom stereocenters. The van der Waals surface area contributed by atoms with Gasteiger partial charge in [0.1, 0.15) is 12.4 Å². The van der Waals surface area contributed by atoms with Crippen LogP contribution in [0.15, 0.2) is 41.5 Å². The predicted octanol–water partition coefficient (Wildman–Crippen LogP) is 3.18. The van der Waals surface area contributed by atoms with Crippen LogP contribution in [0, 0.1) is 6.92 Å². The average molecular weight is 362 g/mol. The lowest BCUT2D eigenvalue weighted by Crippen LogP contribution is -2.32. The summed E-state index contributed by atoms with van der Waals surface area (Å²) in [6.45, 7) is 3.63. The van der Waals surface area contributed by atoms with Crippen LogP contribution in [0.5, 0.6) is 0 Å². The molecule has 4 rings (SSSR count). The number of aryl methyl sites for hydroxylation is 3. The largest absolute Gasteiger partial charge is 0.324 e. The normalized spacial score (nSPS) is 14.6. The fourth-order valence-corrected chi connectivity index (χ4v) is 3.54. The molecule has 1 aliphatic rings.